The second kappa shape index (κ2) is 3.70. The first kappa shape index (κ1) is 11.9. The van der Waals surface area contributed by atoms with Crippen LogP contribution in [0.4, 0.5) is 0 Å². The molecule has 1 N–H and O–H groups in total. The highest BCUT2D eigenvalue weighted by molar-refractivity contribution is 5.65. The molecule has 2 fully saturated rings. The Hall–Kier alpha value is -0.610. The number of rotatable bonds is 2. The van der Waals surface area contributed by atoms with Gasteiger partial charge in [0.15, 0.2) is 0 Å². The Balaban J connectivity index is 2.06. The van der Waals surface area contributed by atoms with Crippen molar-refractivity contribution < 1.29 is 19.4 Å². The molecule has 1 saturated carbocycles. The molecular weight excluding hydrogens is 208 g/mol. The van der Waals surface area contributed by atoms with Crippen molar-refractivity contribution in [3.63, 3.8) is 0 Å². The van der Waals surface area contributed by atoms with E-state index in [0.717, 1.165) is 19.3 Å². The fourth-order valence-corrected chi connectivity index (χ4v) is 2.81. The molecule has 1 saturated heterocycles. The number of carbonyl (C=O) groups excluding carboxylic acids is 1. The van der Waals surface area contributed by atoms with Crippen molar-refractivity contribution in [2.75, 3.05) is 6.61 Å². The first-order valence-electron chi connectivity index (χ1n) is 5.87. The molecule has 4 atom stereocenters. The highest BCUT2D eigenvalue weighted by Gasteiger charge is 2.54. The predicted molar refractivity (Wildman–Crippen MR) is 57.9 cm³/mol. The molecule has 2 bridgehead atoms. The summed E-state index contributed by atoms with van der Waals surface area (Å²) in [6, 6.07) is 0. The summed E-state index contributed by atoms with van der Waals surface area (Å²) in [6.45, 7) is 5.49. The van der Waals surface area contributed by atoms with Crippen LogP contribution in [0.2, 0.25) is 0 Å². The minimum absolute atomic E-state index is 0.119. The number of ether oxygens (including phenoxy) is 2. The van der Waals surface area contributed by atoms with Gasteiger partial charge in [0.05, 0.1) is 11.7 Å². The van der Waals surface area contributed by atoms with Crippen LogP contribution in [0.25, 0.3) is 0 Å². The predicted octanol–water partition coefficient (Wildman–Crippen LogP) is 1.26. The average molecular weight is 228 g/mol. The van der Waals surface area contributed by atoms with Crippen LogP contribution in [0.15, 0.2) is 0 Å². The lowest BCUT2D eigenvalue weighted by atomic mass is 9.75. The maximum atomic E-state index is 10.8. The Kier molecular flexibility index (Phi) is 2.75. The van der Waals surface area contributed by atoms with Crippen molar-refractivity contribution in [1.82, 2.24) is 0 Å². The third-order valence-corrected chi connectivity index (χ3v) is 4.03. The zero-order valence-electron chi connectivity index (χ0n) is 10.2. The molecule has 2 rings (SSSR count). The van der Waals surface area contributed by atoms with Gasteiger partial charge in [0.2, 0.25) is 0 Å². The number of hydrogen-bond donors (Lipinski definition) is 1. The molecule has 92 valence electrons. The van der Waals surface area contributed by atoms with E-state index in [0.29, 0.717) is 12.5 Å². The molecule has 0 radical (unpaired) electrons. The summed E-state index contributed by atoms with van der Waals surface area (Å²) in [5, 5.41) is 10.1. The van der Waals surface area contributed by atoms with E-state index in [2.05, 4.69) is 0 Å². The second-order valence-electron chi connectivity index (χ2n) is 5.53. The van der Waals surface area contributed by atoms with Gasteiger partial charge in [0.25, 0.3) is 0 Å². The molecule has 4 heteroatoms. The Labute approximate surface area is 95.9 Å². The number of carbonyl (C=O) groups is 1. The van der Waals surface area contributed by atoms with Gasteiger partial charge in [-0.1, -0.05) is 0 Å². The van der Waals surface area contributed by atoms with Gasteiger partial charge < -0.3 is 14.6 Å². The van der Waals surface area contributed by atoms with Crippen LogP contribution in [-0.2, 0) is 14.3 Å². The standard InChI is InChI=1S/C12H20O4/c1-8(13)15-7-12(3)9-4-5-11(2,14)10(6-9)16-12/h9-10,14H,4-7H2,1-3H3/t9-,10-,11+,12-/m0/s1. The van der Waals surface area contributed by atoms with Crippen LogP contribution in [0.3, 0.4) is 0 Å². The van der Waals surface area contributed by atoms with Gasteiger partial charge in [-0.25, -0.2) is 0 Å². The van der Waals surface area contributed by atoms with Crippen molar-refractivity contribution in [2.45, 2.75) is 57.3 Å². The molecule has 2 aliphatic rings. The zero-order chi connectivity index (χ0) is 12.0. The molecule has 4 nitrogen and oxygen atoms in total. The summed E-state index contributed by atoms with van der Waals surface area (Å²) in [6.07, 6.45) is 2.44. The molecule has 0 aromatic rings. The largest absolute Gasteiger partial charge is 0.463 e. The third kappa shape index (κ3) is 1.96. The molecular formula is C12H20O4. The first-order valence-corrected chi connectivity index (χ1v) is 5.87. The lowest BCUT2D eigenvalue weighted by molar-refractivity contribution is -0.159. The molecule has 1 heterocycles. The Morgan fingerprint density at radius 3 is 2.81 bits per heavy atom. The van der Waals surface area contributed by atoms with Crippen LogP contribution in [0, 0.1) is 5.92 Å². The fourth-order valence-electron chi connectivity index (χ4n) is 2.81. The van der Waals surface area contributed by atoms with E-state index in [4.69, 9.17) is 9.47 Å². The summed E-state index contributed by atoms with van der Waals surface area (Å²) in [4.78, 5) is 10.8. The normalized spacial score (nSPS) is 46.8. The van der Waals surface area contributed by atoms with Gasteiger partial charge in [-0.15, -0.1) is 0 Å². The topological polar surface area (TPSA) is 55.8 Å². The summed E-state index contributed by atoms with van der Waals surface area (Å²) in [5.41, 5.74) is -1.15. The van der Waals surface area contributed by atoms with Crippen molar-refractivity contribution >= 4 is 5.97 Å². The molecule has 16 heavy (non-hydrogen) atoms. The minimum Gasteiger partial charge on any atom is -0.463 e. The highest BCUT2D eigenvalue weighted by atomic mass is 16.6. The molecule has 0 amide bonds. The molecule has 1 aliphatic carbocycles. The fraction of sp³-hybridized carbons (Fsp3) is 0.917. The Bertz CT molecular complexity index is 299. The van der Waals surface area contributed by atoms with Crippen molar-refractivity contribution in [2.24, 2.45) is 5.92 Å². The first-order chi connectivity index (χ1) is 7.33. The van der Waals surface area contributed by atoms with E-state index >= 15 is 0 Å². The van der Waals surface area contributed by atoms with Gasteiger partial charge >= 0.3 is 5.97 Å². The summed E-state index contributed by atoms with van der Waals surface area (Å²) < 4.78 is 11.0. The molecule has 1 aliphatic heterocycles. The maximum Gasteiger partial charge on any atom is 0.302 e. The lowest BCUT2D eigenvalue weighted by Gasteiger charge is -2.32. The quantitative estimate of drug-likeness (QED) is 0.723. The smallest absolute Gasteiger partial charge is 0.302 e. The third-order valence-electron chi connectivity index (χ3n) is 4.03. The van der Waals surface area contributed by atoms with E-state index in [1.807, 2.05) is 13.8 Å². The van der Waals surface area contributed by atoms with Crippen molar-refractivity contribution in [1.29, 1.82) is 0 Å². The van der Waals surface area contributed by atoms with E-state index in [1.165, 1.54) is 6.92 Å². The van der Waals surface area contributed by atoms with Gasteiger partial charge in [0, 0.05) is 6.92 Å². The summed E-state index contributed by atoms with van der Waals surface area (Å²) >= 11 is 0. The SMILES string of the molecule is CC(=O)OC[C@]1(C)O[C@H]2C[C@@H]1CC[C@@]2(C)O. The highest BCUT2D eigenvalue weighted by Crippen LogP contribution is 2.48. The minimum atomic E-state index is -0.732. The van der Waals surface area contributed by atoms with Crippen LogP contribution >= 0.6 is 0 Å². The summed E-state index contributed by atoms with van der Waals surface area (Å²) in [5.74, 6) is 0.107. The number of esters is 1. The molecule has 0 aromatic carbocycles. The average Bonchev–Trinajstić information content (AvgIpc) is 2.47. The second-order valence-corrected chi connectivity index (χ2v) is 5.53. The molecule has 0 spiro atoms. The van der Waals surface area contributed by atoms with Gasteiger partial charge in [-0.05, 0) is 39.0 Å². The Morgan fingerprint density at radius 2 is 2.25 bits per heavy atom. The van der Waals surface area contributed by atoms with Crippen LogP contribution < -0.4 is 0 Å². The van der Waals surface area contributed by atoms with Crippen LogP contribution in [-0.4, -0.2) is 35.0 Å². The monoisotopic (exact) mass is 228 g/mol. The number of aliphatic hydroxyl groups is 1. The maximum absolute atomic E-state index is 10.8. The van der Waals surface area contributed by atoms with E-state index < -0.39 is 11.2 Å². The van der Waals surface area contributed by atoms with Gasteiger partial charge in [-0.2, -0.15) is 0 Å². The van der Waals surface area contributed by atoms with Gasteiger partial charge in [0.1, 0.15) is 12.2 Å². The van der Waals surface area contributed by atoms with Gasteiger partial charge in [-0.3, -0.25) is 4.79 Å². The number of hydrogen-bond acceptors (Lipinski definition) is 4. The molecule has 0 aromatic heterocycles. The van der Waals surface area contributed by atoms with Crippen LogP contribution in [0.5, 0.6) is 0 Å². The van der Waals surface area contributed by atoms with E-state index in [1.54, 1.807) is 0 Å². The molecule has 0 unspecified atom stereocenters. The summed E-state index contributed by atoms with van der Waals surface area (Å²) in [7, 11) is 0. The van der Waals surface area contributed by atoms with Crippen molar-refractivity contribution in [3.05, 3.63) is 0 Å². The van der Waals surface area contributed by atoms with Crippen LogP contribution in [0.1, 0.15) is 40.0 Å². The number of fused-ring (bicyclic) bond motifs is 2. The van der Waals surface area contributed by atoms with E-state index in [-0.39, 0.29) is 12.1 Å². The Morgan fingerprint density at radius 1 is 1.56 bits per heavy atom. The lowest BCUT2D eigenvalue weighted by Crippen LogP contribution is -2.41. The zero-order valence-corrected chi connectivity index (χ0v) is 10.2. The van der Waals surface area contributed by atoms with E-state index in [9.17, 15) is 9.90 Å². The van der Waals surface area contributed by atoms with Crippen molar-refractivity contribution in [3.8, 4) is 0 Å².